The summed E-state index contributed by atoms with van der Waals surface area (Å²) in [5, 5.41) is 5.05. The van der Waals surface area contributed by atoms with Gasteiger partial charge in [-0.25, -0.2) is 23.4 Å². The fraction of sp³-hybridized carbons (Fsp3) is 0.455. The van der Waals surface area contributed by atoms with E-state index in [0.717, 1.165) is 6.07 Å². The van der Waals surface area contributed by atoms with Crippen LogP contribution < -0.4 is 20.1 Å². The number of benzene rings is 2. The van der Waals surface area contributed by atoms with E-state index in [2.05, 4.69) is 20.4 Å². The summed E-state index contributed by atoms with van der Waals surface area (Å²) in [7, 11) is 1.35. The van der Waals surface area contributed by atoms with Gasteiger partial charge in [0.2, 0.25) is 5.89 Å². The standard InChI is InChI=1S/C33H39F4N3O9/c1-7-45-30(42)24(44-6)9-8-14-46-25-15-19(11-13-23(25)47-31(36)37)29-40-26(27(48-29)18(2)39-32(43)49-33(3,4)5)28(41)38-17-20-10-12-21(34)16-22(20)35/h10-13,15-16,18,24,31H,7-9,14,17H2,1-6H3,(H,38,41)(H,39,43). The predicted octanol–water partition coefficient (Wildman–Crippen LogP) is 6.47. The number of hydrogen-bond donors (Lipinski definition) is 2. The van der Waals surface area contributed by atoms with E-state index in [9.17, 15) is 31.9 Å². The number of ether oxygens (including phenoxy) is 5. The van der Waals surface area contributed by atoms with Gasteiger partial charge < -0.3 is 38.7 Å². The molecule has 3 rings (SSSR count). The van der Waals surface area contributed by atoms with Crippen molar-refractivity contribution in [3.05, 3.63) is 65.1 Å². The zero-order chi connectivity index (χ0) is 36.3. The van der Waals surface area contributed by atoms with Gasteiger partial charge in [-0.05, 0) is 71.7 Å². The molecule has 1 aromatic heterocycles. The van der Waals surface area contributed by atoms with Crippen LogP contribution in [0.2, 0.25) is 0 Å². The molecule has 0 saturated carbocycles. The lowest BCUT2D eigenvalue weighted by molar-refractivity contribution is -0.155. The van der Waals surface area contributed by atoms with E-state index >= 15 is 0 Å². The largest absolute Gasteiger partial charge is 0.490 e. The van der Waals surface area contributed by atoms with Gasteiger partial charge in [0, 0.05) is 30.8 Å². The van der Waals surface area contributed by atoms with E-state index in [-0.39, 0.29) is 72.6 Å². The average Bonchev–Trinajstić information content (AvgIpc) is 3.46. The number of rotatable bonds is 16. The first-order chi connectivity index (χ1) is 23.1. The Bertz CT molecular complexity index is 1590. The molecule has 0 aliphatic carbocycles. The van der Waals surface area contributed by atoms with Gasteiger partial charge in [-0.2, -0.15) is 8.78 Å². The quantitative estimate of drug-likeness (QED) is 0.0969. The van der Waals surface area contributed by atoms with Gasteiger partial charge in [-0.3, -0.25) is 4.79 Å². The number of nitrogens with zero attached hydrogens (tertiary/aromatic N) is 1. The van der Waals surface area contributed by atoms with Gasteiger partial charge in [0.15, 0.2) is 29.1 Å². The lowest BCUT2D eigenvalue weighted by Gasteiger charge is -2.21. The minimum atomic E-state index is -3.18. The van der Waals surface area contributed by atoms with Crippen LogP contribution in [-0.4, -0.2) is 61.6 Å². The van der Waals surface area contributed by atoms with E-state index in [4.69, 9.17) is 23.4 Å². The molecule has 16 heteroatoms. The number of aromatic nitrogens is 1. The highest BCUT2D eigenvalue weighted by atomic mass is 19.3. The highest BCUT2D eigenvalue weighted by molar-refractivity contribution is 5.94. The first kappa shape index (κ1) is 38.6. The van der Waals surface area contributed by atoms with Crippen LogP contribution in [0.1, 0.15) is 75.3 Å². The number of esters is 1. The zero-order valence-electron chi connectivity index (χ0n) is 27.9. The van der Waals surface area contributed by atoms with Crippen molar-refractivity contribution in [3.8, 4) is 23.0 Å². The van der Waals surface area contributed by atoms with Gasteiger partial charge in [-0.15, -0.1) is 0 Å². The number of amides is 2. The summed E-state index contributed by atoms with van der Waals surface area (Å²) in [6.45, 7) is 4.77. The Hall–Kier alpha value is -4.86. The smallest absolute Gasteiger partial charge is 0.408 e. The molecule has 0 fully saturated rings. The Morgan fingerprint density at radius 3 is 2.41 bits per heavy atom. The highest BCUT2D eigenvalue weighted by Crippen LogP contribution is 2.35. The van der Waals surface area contributed by atoms with Crippen molar-refractivity contribution >= 4 is 18.0 Å². The van der Waals surface area contributed by atoms with Crippen molar-refractivity contribution < 1.29 is 60.0 Å². The second kappa shape index (κ2) is 17.5. The molecule has 268 valence electrons. The molecule has 0 aliphatic rings. The third kappa shape index (κ3) is 11.7. The van der Waals surface area contributed by atoms with Gasteiger partial charge in [-0.1, -0.05) is 6.07 Å². The van der Waals surface area contributed by atoms with E-state index < -0.39 is 54.0 Å². The molecule has 12 nitrogen and oxygen atoms in total. The molecule has 3 aromatic rings. The number of carbonyl (C=O) groups is 3. The second-order valence-electron chi connectivity index (χ2n) is 11.5. The zero-order valence-corrected chi connectivity index (χ0v) is 27.9. The minimum absolute atomic E-state index is 0.00423. The molecule has 0 bridgehead atoms. The summed E-state index contributed by atoms with van der Waals surface area (Å²) in [5.41, 5.74) is -0.957. The Labute approximate surface area is 280 Å². The lowest BCUT2D eigenvalue weighted by Crippen LogP contribution is -2.34. The number of methoxy groups -OCH3 is 1. The first-order valence-electron chi connectivity index (χ1n) is 15.3. The van der Waals surface area contributed by atoms with Gasteiger partial charge >= 0.3 is 18.7 Å². The summed E-state index contributed by atoms with van der Waals surface area (Å²) in [5.74, 6) is -3.75. The van der Waals surface area contributed by atoms with Gasteiger partial charge in [0.1, 0.15) is 17.2 Å². The van der Waals surface area contributed by atoms with Crippen molar-refractivity contribution in [2.24, 2.45) is 0 Å². The normalized spacial score (nSPS) is 12.6. The predicted molar refractivity (Wildman–Crippen MR) is 166 cm³/mol. The van der Waals surface area contributed by atoms with Crippen LogP contribution in [0, 0.1) is 11.6 Å². The van der Waals surface area contributed by atoms with Crippen molar-refractivity contribution in [2.75, 3.05) is 20.3 Å². The van der Waals surface area contributed by atoms with Crippen LogP contribution in [-0.2, 0) is 25.5 Å². The molecule has 0 saturated heterocycles. The molecule has 2 amide bonds. The number of alkyl carbamates (subject to hydrolysis) is 1. The number of halogens is 4. The van der Waals surface area contributed by atoms with Crippen molar-refractivity contribution in [1.82, 2.24) is 15.6 Å². The molecule has 0 radical (unpaired) electrons. The molecule has 0 aliphatic heterocycles. The average molecular weight is 698 g/mol. The van der Waals surface area contributed by atoms with Crippen LogP contribution in [0.4, 0.5) is 22.4 Å². The summed E-state index contributed by atoms with van der Waals surface area (Å²) in [4.78, 5) is 42.1. The maximum absolute atomic E-state index is 14.2. The molecule has 2 unspecified atom stereocenters. The molecule has 2 aromatic carbocycles. The minimum Gasteiger partial charge on any atom is -0.490 e. The van der Waals surface area contributed by atoms with Crippen LogP contribution >= 0.6 is 0 Å². The molecule has 1 heterocycles. The second-order valence-corrected chi connectivity index (χ2v) is 11.5. The van der Waals surface area contributed by atoms with E-state index in [0.29, 0.717) is 6.07 Å². The molecule has 2 N–H and O–H groups in total. The number of oxazole rings is 1. The van der Waals surface area contributed by atoms with E-state index in [1.54, 1.807) is 27.7 Å². The van der Waals surface area contributed by atoms with Crippen LogP contribution in [0.3, 0.4) is 0 Å². The van der Waals surface area contributed by atoms with Gasteiger partial charge in [0.05, 0.1) is 19.3 Å². The fourth-order valence-corrected chi connectivity index (χ4v) is 4.35. The molecular weight excluding hydrogens is 658 g/mol. The van der Waals surface area contributed by atoms with Crippen molar-refractivity contribution in [1.29, 1.82) is 0 Å². The monoisotopic (exact) mass is 697 g/mol. The third-order valence-corrected chi connectivity index (χ3v) is 6.56. The van der Waals surface area contributed by atoms with Crippen LogP contribution in [0.5, 0.6) is 11.5 Å². The molecule has 2 atom stereocenters. The number of hydrogen-bond acceptors (Lipinski definition) is 10. The van der Waals surface area contributed by atoms with E-state index in [1.165, 1.54) is 38.3 Å². The van der Waals surface area contributed by atoms with Crippen molar-refractivity contribution in [3.63, 3.8) is 0 Å². The maximum Gasteiger partial charge on any atom is 0.408 e. The summed E-state index contributed by atoms with van der Waals surface area (Å²) in [6, 6.07) is 5.72. The number of nitrogens with one attached hydrogen (secondary N) is 2. The summed E-state index contributed by atoms with van der Waals surface area (Å²) < 4.78 is 85.6. The molecule has 0 spiro atoms. The van der Waals surface area contributed by atoms with Crippen LogP contribution in [0.15, 0.2) is 40.8 Å². The molecule has 49 heavy (non-hydrogen) atoms. The Morgan fingerprint density at radius 1 is 1.04 bits per heavy atom. The summed E-state index contributed by atoms with van der Waals surface area (Å²) in [6.07, 6.45) is -1.18. The number of alkyl halides is 2. The molecular formula is C33H39F4N3O9. The first-order valence-corrected chi connectivity index (χ1v) is 15.3. The fourth-order valence-electron chi connectivity index (χ4n) is 4.35. The Morgan fingerprint density at radius 2 is 1.78 bits per heavy atom. The lowest BCUT2D eigenvalue weighted by atomic mass is 10.1. The highest BCUT2D eigenvalue weighted by Gasteiger charge is 2.28. The summed E-state index contributed by atoms with van der Waals surface area (Å²) >= 11 is 0. The SMILES string of the molecule is CCOC(=O)C(CCCOc1cc(-c2nc(C(=O)NCc3ccc(F)cc3F)c(C(C)NC(=O)OC(C)(C)C)o2)ccc1OC(F)F)OC. The topological polar surface area (TPSA) is 147 Å². The Balaban J connectivity index is 1.91. The Kier molecular flexibility index (Phi) is 13.8. The van der Waals surface area contributed by atoms with Gasteiger partial charge in [0.25, 0.3) is 5.91 Å². The van der Waals surface area contributed by atoms with E-state index in [1.807, 2.05) is 0 Å². The van der Waals surface area contributed by atoms with Crippen molar-refractivity contribution in [2.45, 2.75) is 78.4 Å². The third-order valence-electron chi connectivity index (χ3n) is 6.56. The maximum atomic E-state index is 14.2. The number of carbonyl (C=O) groups excluding carboxylic acids is 3. The van der Waals surface area contributed by atoms with Crippen LogP contribution in [0.25, 0.3) is 11.5 Å².